The summed E-state index contributed by atoms with van der Waals surface area (Å²) in [6.45, 7) is 6.91. The molecule has 0 unspecified atom stereocenters. The van der Waals surface area contributed by atoms with Crippen molar-refractivity contribution in [3.05, 3.63) is 206 Å². The number of para-hydroxylation sites is 4. The lowest BCUT2D eigenvalue weighted by atomic mass is 9.82. The van der Waals surface area contributed by atoms with Crippen molar-refractivity contribution in [1.29, 1.82) is 0 Å². The lowest BCUT2D eigenvalue weighted by molar-refractivity contribution is 0.591. The molecule has 0 fully saturated rings. The first-order chi connectivity index (χ1) is 27.4. The van der Waals surface area contributed by atoms with Gasteiger partial charge in [0.15, 0.2) is 0 Å². The highest BCUT2D eigenvalue weighted by Gasteiger charge is 2.24. The van der Waals surface area contributed by atoms with Crippen LogP contribution in [0.4, 0.5) is 34.1 Å². The monoisotopic (exact) mass is 718 g/mol. The molecule has 10 aromatic rings. The molecule has 0 atom stereocenters. The largest absolute Gasteiger partial charge is 0.310 e. The van der Waals surface area contributed by atoms with E-state index >= 15 is 0 Å². The summed E-state index contributed by atoms with van der Waals surface area (Å²) in [4.78, 5) is 4.81. The lowest BCUT2D eigenvalue weighted by Crippen LogP contribution is -2.12. The maximum Gasteiger partial charge on any atom is 0.0546 e. The van der Waals surface area contributed by atoms with E-state index < -0.39 is 0 Å². The zero-order valence-corrected chi connectivity index (χ0v) is 31.9. The quantitative estimate of drug-likeness (QED) is 0.151. The standard InChI is InChI=1S/C54H42N2/c1-54(2,3)39-34-37-28-30-47-49(45-32-33-50(46-27-17-16-26-44(45)46)55(40-18-8-4-9-19-40)41-20-10-5-11-21-41)36-51(48-31-29-38(35-39)52(37)53(47)48)56(42-22-12-6-13-23-42)43-24-14-7-15-25-43/h4-36H,1-3H3. The fourth-order valence-electron chi connectivity index (χ4n) is 8.61. The average Bonchev–Trinajstić information content (AvgIpc) is 3.24. The molecular weight excluding hydrogens is 677 g/mol. The summed E-state index contributed by atoms with van der Waals surface area (Å²) in [5.74, 6) is 0. The molecule has 0 N–H and O–H groups in total. The van der Waals surface area contributed by atoms with Crippen molar-refractivity contribution in [3.63, 3.8) is 0 Å². The Morgan fingerprint density at radius 3 is 1.27 bits per heavy atom. The van der Waals surface area contributed by atoms with E-state index in [4.69, 9.17) is 0 Å². The average molecular weight is 719 g/mol. The summed E-state index contributed by atoms with van der Waals surface area (Å²) in [5.41, 5.74) is 10.6. The number of anilines is 6. The molecule has 0 amide bonds. The third-order valence-electron chi connectivity index (χ3n) is 11.3. The fraction of sp³-hybridized carbons (Fsp3) is 0.0741. The summed E-state index contributed by atoms with van der Waals surface area (Å²) < 4.78 is 0. The van der Waals surface area contributed by atoms with Gasteiger partial charge in [0.2, 0.25) is 0 Å². The minimum Gasteiger partial charge on any atom is -0.310 e. The molecule has 0 aromatic heterocycles. The normalized spacial score (nSPS) is 11.8. The van der Waals surface area contributed by atoms with Crippen molar-refractivity contribution in [3.8, 4) is 11.1 Å². The van der Waals surface area contributed by atoms with Crippen molar-refractivity contribution in [2.45, 2.75) is 26.2 Å². The number of hydrogen-bond acceptors (Lipinski definition) is 2. The molecule has 268 valence electrons. The zero-order chi connectivity index (χ0) is 37.8. The third kappa shape index (κ3) is 5.65. The van der Waals surface area contributed by atoms with E-state index in [0.29, 0.717) is 0 Å². The number of hydrogen-bond donors (Lipinski definition) is 0. The van der Waals surface area contributed by atoms with Crippen molar-refractivity contribution in [2.24, 2.45) is 0 Å². The SMILES string of the molecule is CC(C)(C)c1cc2ccc3c(-c4ccc(N(c5ccccc5)c5ccccc5)c5ccccc45)cc(N(c4ccccc4)c4ccccc4)c4ccc(c1)c2c34. The number of benzene rings is 10. The van der Waals surface area contributed by atoms with Gasteiger partial charge in [-0.3, -0.25) is 0 Å². The topological polar surface area (TPSA) is 6.48 Å². The Balaban J connectivity index is 1.30. The number of rotatable bonds is 7. The molecule has 0 aliphatic heterocycles. The van der Waals surface area contributed by atoms with Crippen LogP contribution in [0.2, 0.25) is 0 Å². The highest BCUT2D eigenvalue weighted by molar-refractivity contribution is 6.29. The van der Waals surface area contributed by atoms with Gasteiger partial charge in [-0.25, -0.2) is 0 Å². The predicted octanol–water partition coefficient (Wildman–Crippen LogP) is 15.6. The first-order valence-electron chi connectivity index (χ1n) is 19.5. The first kappa shape index (κ1) is 33.7. The van der Waals surface area contributed by atoms with Crippen LogP contribution in [0.25, 0.3) is 54.2 Å². The van der Waals surface area contributed by atoms with Crippen LogP contribution in [0.1, 0.15) is 26.3 Å². The van der Waals surface area contributed by atoms with Gasteiger partial charge in [0.1, 0.15) is 0 Å². The summed E-state index contributed by atoms with van der Waals surface area (Å²) in [5, 5.41) is 10.1. The molecule has 0 spiro atoms. The molecule has 0 aliphatic rings. The highest BCUT2D eigenvalue weighted by atomic mass is 15.1. The Hall–Kier alpha value is -6.90. The maximum absolute atomic E-state index is 2.44. The van der Waals surface area contributed by atoms with Gasteiger partial charge in [0, 0.05) is 38.9 Å². The van der Waals surface area contributed by atoms with Crippen LogP contribution in [0, 0.1) is 0 Å². The van der Waals surface area contributed by atoms with Crippen LogP contribution in [-0.4, -0.2) is 0 Å². The molecule has 0 bridgehead atoms. The molecule has 10 rings (SSSR count). The van der Waals surface area contributed by atoms with Gasteiger partial charge in [-0.15, -0.1) is 0 Å². The third-order valence-corrected chi connectivity index (χ3v) is 11.3. The van der Waals surface area contributed by atoms with E-state index in [2.05, 4.69) is 231 Å². The molecule has 2 heteroatoms. The van der Waals surface area contributed by atoms with E-state index in [9.17, 15) is 0 Å². The second-order valence-electron chi connectivity index (χ2n) is 15.8. The van der Waals surface area contributed by atoms with E-state index in [1.807, 2.05) is 0 Å². The molecule has 0 saturated heterocycles. The smallest absolute Gasteiger partial charge is 0.0546 e. The first-order valence-corrected chi connectivity index (χ1v) is 19.5. The zero-order valence-electron chi connectivity index (χ0n) is 31.9. The number of nitrogens with zero attached hydrogens (tertiary/aromatic N) is 2. The van der Waals surface area contributed by atoms with Crippen LogP contribution < -0.4 is 9.80 Å². The Labute approximate surface area is 328 Å². The highest BCUT2D eigenvalue weighted by Crippen LogP contribution is 2.50. The van der Waals surface area contributed by atoms with Crippen molar-refractivity contribution in [1.82, 2.24) is 0 Å². The van der Waals surface area contributed by atoms with Crippen LogP contribution in [0.15, 0.2) is 200 Å². The van der Waals surface area contributed by atoms with Gasteiger partial charge in [0.05, 0.1) is 11.4 Å². The van der Waals surface area contributed by atoms with E-state index in [1.165, 1.54) is 59.8 Å². The predicted molar refractivity (Wildman–Crippen MR) is 241 cm³/mol. The van der Waals surface area contributed by atoms with E-state index in [-0.39, 0.29) is 5.41 Å². The molecule has 10 aromatic carbocycles. The molecule has 2 nitrogen and oxygen atoms in total. The second kappa shape index (κ2) is 13.4. The van der Waals surface area contributed by atoms with Gasteiger partial charge < -0.3 is 9.80 Å². The van der Waals surface area contributed by atoms with E-state index in [0.717, 1.165) is 34.1 Å². The Morgan fingerprint density at radius 1 is 0.321 bits per heavy atom. The van der Waals surface area contributed by atoms with Gasteiger partial charge in [-0.05, 0) is 110 Å². The van der Waals surface area contributed by atoms with Gasteiger partial charge in [0.25, 0.3) is 0 Å². The molecule has 0 radical (unpaired) electrons. The number of fused-ring (bicyclic) bond motifs is 1. The second-order valence-corrected chi connectivity index (χ2v) is 15.8. The van der Waals surface area contributed by atoms with Crippen LogP contribution in [0.5, 0.6) is 0 Å². The minimum atomic E-state index is 0.0340. The van der Waals surface area contributed by atoms with Crippen molar-refractivity contribution in [2.75, 3.05) is 9.80 Å². The van der Waals surface area contributed by atoms with Crippen LogP contribution in [-0.2, 0) is 5.41 Å². The van der Waals surface area contributed by atoms with Gasteiger partial charge >= 0.3 is 0 Å². The van der Waals surface area contributed by atoms with Gasteiger partial charge in [-0.1, -0.05) is 160 Å². The molecule has 0 heterocycles. The summed E-state index contributed by atoms with van der Waals surface area (Å²) in [7, 11) is 0. The van der Waals surface area contributed by atoms with E-state index in [1.54, 1.807) is 0 Å². The van der Waals surface area contributed by atoms with Crippen molar-refractivity contribution >= 4 is 77.2 Å². The Bertz CT molecular complexity index is 2890. The fourth-order valence-corrected chi connectivity index (χ4v) is 8.61. The van der Waals surface area contributed by atoms with Crippen LogP contribution >= 0.6 is 0 Å². The summed E-state index contributed by atoms with van der Waals surface area (Å²) in [6, 6.07) is 73.2. The Kier molecular flexibility index (Phi) is 8.08. The molecule has 0 aliphatic carbocycles. The maximum atomic E-state index is 2.44. The lowest BCUT2D eigenvalue weighted by Gasteiger charge is -2.30. The van der Waals surface area contributed by atoms with Crippen molar-refractivity contribution < 1.29 is 0 Å². The summed E-state index contributed by atoms with van der Waals surface area (Å²) >= 11 is 0. The summed E-state index contributed by atoms with van der Waals surface area (Å²) in [6.07, 6.45) is 0. The molecule has 0 saturated carbocycles. The van der Waals surface area contributed by atoms with Crippen LogP contribution in [0.3, 0.4) is 0 Å². The van der Waals surface area contributed by atoms with Gasteiger partial charge in [-0.2, -0.15) is 0 Å². The minimum absolute atomic E-state index is 0.0340. The molecular formula is C54H42N2. The molecule has 56 heavy (non-hydrogen) atoms. The Morgan fingerprint density at radius 2 is 0.768 bits per heavy atom.